The molecule has 0 heterocycles. The molecule has 0 radical (unpaired) electrons. The van der Waals surface area contributed by atoms with E-state index < -0.39 is 10.0 Å². The number of benzene rings is 1. The Balaban J connectivity index is 2.22. The third kappa shape index (κ3) is 3.86. The number of sulfonamides is 1. The minimum absolute atomic E-state index is 0.00927. The zero-order chi connectivity index (χ0) is 16.0. The summed E-state index contributed by atoms with van der Waals surface area (Å²) in [5, 5.41) is 17.7. The summed E-state index contributed by atoms with van der Waals surface area (Å²) >= 11 is 0. The van der Waals surface area contributed by atoms with Crippen LogP contribution in [0.2, 0.25) is 0 Å². The maximum atomic E-state index is 12.6. The van der Waals surface area contributed by atoms with Gasteiger partial charge in [0.05, 0.1) is 17.9 Å². The molecular formula is C16H22N2O3S. The van der Waals surface area contributed by atoms with Gasteiger partial charge in [0, 0.05) is 19.6 Å². The Morgan fingerprint density at radius 2 is 2.09 bits per heavy atom. The molecule has 1 aromatic carbocycles. The fourth-order valence-corrected chi connectivity index (χ4v) is 4.76. The van der Waals surface area contributed by atoms with E-state index in [-0.39, 0.29) is 24.8 Å². The highest BCUT2D eigenvalue weighted by molar-refractivity contribution is 7.89. The third-order valence-electron chi connectivity index (χ3n) is 4.03. The molecule has 1 atom stereocenters. The molecule has 0 aromatic heterocycles. The summed E-state index contributed by atoms with van der Waals surface area (Å²) in [5.74, 6) is -0.00927. The molecule has 0 saturated heterocycles. The minimum atomic E-state index is -3.42. The van der Waals surface area contributed by atoms with Crippen molar-refractivity contribution in [2.45, 2.75) is 38.1 Å². The predicted octanol–water partition coefficient (Wildman–Crippen LogP) is 1.99. The van der Waals surface area contributed by atoms with Crippen molar-refractivity contribution in [2.75, 3.05) is 18.9 Å². The quantitative estimate of drug-likeness (QED) is 0.742. The summed E-state index contributed by atoms with van der Waals surface area (Å²) in [6.07, 6.45) is 2.68. The van der Waals surface area contributed by atoms with Gasteiger partial charge in [0.25, 0.3) is 0 Å². The Hall–Kier alpha value is -1.42. The van der Waals surface area contributed by atoms with E-state index in [0.717, 1.165) is 18.4 Å². The van der Waals surface area contributed by atoms with E-state index in [1.165, 1.54) is 9.87 Å². The zero-order valence-corrected chi connectivity index (χ0v) is 13.4. The van der Waals surface area contributed by atoms with E-state index in [1.807, 2.05) is 30.3 Å². The number of unbranched alkanes of at least 4 members (excludes halogenated alkanes) is 1. The van der Waals surface area contributed by atoms with Gasteiger partial charge in [-0.2, -0.15) is 9.57 Å². The number of aryl methyl sites for hydroxylation is 1. The van der Waals surface area contributed by atoms with Crippen molar-refractivity contribution in [3.05, 3.63) is 35.4 Å². The number of nitrogens with zero attached hydrogens (tertiary/aromatic N) is 2. The van der Waals surface area contributed by atoms with Crippen LogP contribution < -0.4 is 0 Å². The zero-order valence-electron chi connectivity index (χ0n) is 12.6. The number of nitriles is 1. The number of fused-ring (bicyclic) bond motifs is 1. The third-order valence-corrected chi connectivity index (χ3v) is 5.99. The average Bonchev–Trinajstić information content (AvgIpc) is 2.92. The van der Waals surface area contributed by atoms with Gasteiger partial charge >= 0.3 is 0 Å². The number of aliphatic hydroxyl groups is 1. The molecule has 0 aliphatic heterocycles. The first-order valence-corrected chi connectivity index (χ1v) is 9.26. The van der Waals surface area contributed by atoms with Crippen LogP contribution in [-0.2, 0) is 16.4 Å². The fourth-order valence-electron chi connectivity index (χ4n) is 3.00. The summed E-state index contributed by atoms with van der Waals surface area (Å²) in [5.41, 5.74) is 2.28. The molecule has 1 unspecified atom stereocenters. The van der Waals surface area contributed by atoms with E-state index in [4.69, 9.17) is 10.4 Å². The van der Waals surface area contributed by atoms with Crippen molar-refractivity contribution in [3.8, 4) is 6.07 Å². The maximum Gasteiger partial charge on any atom is 0.214 e. The predicted molar refractivity (Wildman–Crippen MR) is 84.5 cm³/mol. The van der Waals surface area contributed by atoms with Gasteiger partial charge in [-0.15, -0.1) is 0 Å². The Kier molecular flexibility index (Phi) is 5.95. The summed E-state index contributed by atoms with van der Waals surface area (Å²) in [4.78, 5) is 0. The van der Waals surface area contributed by atoms with E-state index in [2.05, 4.69) is 0 Å². The first kappa shape index (κ1) is 16.9. The van der Waals surface area contributed by atoms with Gasteiger partial charge in [-0.05, 0) is 36.8 Å². The molecule has 0 spiro atoms. The Bertz CT molecular complexity index is 637. The van der Waals surface area contributed by atoms with Crippen LogP contribution >= 0.6 is 0 Å². The molecule has 1 N–H and O–H groups in total. The second-order valence-corrected chi connectivity index (χ2v) is 7.56. The van der Waals surface area contributed by atoms with Crippen LogP contribution in [0.5, 0.6) is 0 Å². The molecular weight excluding hydrogens is 300 g/mol. The van der Waals surface area contributed by atoms with Crippen LogP contribution in [-0.4, -0.2) is 36.7 Å². The molecule has 0 saturated carbocycles. The number of hydrogen-bond acceptors (Lipinski definition) is 4. The first-order valence-electron chi connectivity index (χ1n) is 7.65. The standard InChI is InChI=1S/C16H22N2O3S/c17-10-3-4-13-22(20,21)18(11-5-12-19)16-9-8-14-6-1-2-7-15(14)16/h1-2,6-7,16,19H,3-5,8-9,11-13H2. The monoisotopic (exact) mass is 322 g/mol. The lowest BCUT2D eigenvalue weighted by Crippen LogP contribution is -2.37. The van der Waals surface area contributed by atoms with Gasteiger partial charge in [-0.1, -0.05) is 24.3 Å². The molecule has 6 heteroatoms. The second-order valence-electron chi connectivity index (χ2n) is 5.52. The Morgan fingerprint density at radius 3 is 2.82 bits per heavy atom. The summed E-state index contributed by atoms with van der Waals surface area (Å²) in [7, 11) is -3.42. The van der Waals surface area contributed by atoms with Crippen molar-refractivity contribution in [3.63, 3.8) is 0 Å². The minimum Gasteiger partial charge on any atom is -0.396 e. The summed E-state index contributed by atoms with van der Waals surface area (Å²) in [6.45, 7) is 0.295. The van der Waals surface area contributed by atoms with Gasteiger partial charge in [0.2, 0.25) is 10.0 Å². The molecule has 2 rings (SSSR count). The molecule has 0 bridgehead atoms. The molecule has 1 aliphatic carbocycles. The van der Waals surface area contributed by atoms with Crippen LogP contribution in [0.3, 0.4) is 0 Å². The fraction of sp³-hybridized carbons (Fsp3) is 0.562. The lowest BCUT2D eigenvalue weighted by atomic mass is 10.1. The molecule has 0 amide bonds. The molecule has 120 valence electrons. The van der Waals surface area contributed by atoms with E-state index in [1.54, 1.807) is 0 Å². The molecule has 1 aromatic rings. The van der Waals surface area contributed by atoms with Crippen molar-refractivity contribution < 1.29 is 13.5 Å². The van der Waals surface area contributed by atoms with E-state index in [9.17, 15) is 8.42 Å². The highest BCUT2D eigenvalue weighted by Crippen LogP contribution is 2.37. The highest BCUT2D eigenvalue weighted by atomic mass is 32.2. The smallest absolute Gasteiger partial charge is 0.214 e. The van der Waals surface area contributed by atoms with Crippen LogP contribution in [0, 0.1) is 11.3 Å². The number of aliphatic hydroxyl groups excluding tert-OH is 1. The van der Waals surface area contributed by atoms with Gasteiger partial charge < -0.3 is 5.11 Å². The molecule has 5 nitrogen and oxygen atoms in total. The normalized spacial score (nSPS) is 17.4. The average molecular weight is 322 g/mol. The van der Waals surface area contributed by atoms with Crippen LogP contribution in [0.1, 0.15) is 42.9 Å². The van der Waals surface area contributed by atoms with Gasteiger partial charge in [-0.25, -0.2) is 8.42 Å². The van der Waals surface area contributed by atoms with Crippen molar-refractivity contribution in [1.82, 2.24) is 4.31 Å². The molecule has 0 fully saturated rings. The summed E-state index contributed by atoms with van der Waals surface area (Å²) < 4.78 is 26.8. The van der Waals surface area contributed by atoms with Gasteiger partial charge in [-0.3, -0.25) is 0 Å². The van der Waals surface area contributed by atoms with Crippen molar-refractivity contribution >= 4 is 10.0 Å². The van der Waals surface area contributed by atoms with Crippen molar-refractivity contribution in [2.24, 2.45) is 0 Å². The topological polar surface area (TPSA) is 81.4 Å². The maximum absolute atomic E-state index is 12.6. The van der Waals surface area contributed by atoms with Crippen LogP contribution in [0.15, 0.2) is 24.3 Å². The van der Waals surface area contributed by atoms with E-state index >= 15 is 0 Å². The number of hydrogen-bond donors (Lipinski definition) is 1. The SMILES string of the molecule is N#CCCCS(=O)(=O)N(CCCO)C1CCc2ccccc21. The summed E-state index contributed by atoms with van der Waals surface area (Å²) in [6, 6.07) is 9.78. The Labute approximate surface area is 132 Å². The van der Waals surface area contributed by atoms with Gasteiger partial charge in [0.15, 0.2) is 0 Å². The Morgan fingerprint density at radius 1 is 1.32 bits per heavy atom. The lowest BCUT2D eigenvalue weighted by Gasteiger charge is -2.28. The highest BCUT2D eigenvalue weighted by Gasteiger charge is 2.34. The molecule has 1 aliphatic rings. The first-order chi connectivity index (χ1) is 10.6. The van der Waals surface area contributed by atoms with Crippen LogP contribution in [0.4, 0.5) is 0 Å². The largest absolute Gasteiger partial charge is 0.396 e. The second kappa shape index (κ2) is 7.73. The van der Waals surface area contributed by atoms with Gasteiger partial charge in [0.1, 0.15) is 0 Å². The van der Waals surface area contributed by atoms with E-state index in [0.29, 0.717) is 19.4 Å². The molecule has 22 heavy (non-hydrogen) atoms. The van der Waals surface area contributed by atoms with Crippen LogP contribution in [0.25, 0.3) is 0 Å². The van der Waals surface area contributed by atoms with Crippen molar-refractivity contribution in [1.29, 1.82) is 5.26 Å². The lowest BCUT2D eigenvalue weighted by molar-refractivity contribution is 0.249. The number of rotatable bonds is 8.